The number of carbonyl (C=O) groups is 1. The van der Waals surface area contributed by atoms with E-state index in [1.54, 1.807) is 24.3 Å². The fourth-order valence-corrected chi connectivity index (χ4v) is 3.38. The van der Waals surface area contributed by atoms with Gasteiger partial charge in [0.05, 0.1) is 5.56 Å². The summed E-state index contributed by atoms with van der Waals surface area (Å²) in [5.41, 5.74) is 1.53. The number of hydrogen-bond donors (Lipinski definition) is 2. The number of carbonyl (C=O) groups excluding carboxylic acids is 1. The van der Waals surface area contributed by atoms with E-state index >= 15 is 0 Å². The Morgan fingerprint density at radius 1 is 1.31 bits per heavy atom. The molecule has 1 aliphatic heterocycles. The van der Waals surface area contributed by atoms with Gasteiger partial charge in [0.2, 0.25) is 5.91 Å². The molecule has 134 valence electrons. The number of anilines is 1. The third-order valence-electron chi connectivity index (χ3n) is 3.58. The summed E-state index contributed by atoms with van der Waals surface area (Å²) in [5, 5.41) is 8.00. The van der Waals surface area contributed by atoms with Crippen LogP contribution in [0.15, 0.2) is 53.5 Å². The predicted molar refractivity (Wildman–Crippen MR) is 96.1 cm³/mol. The van der Waals surface area contributed by atoms with Crippen LogP contribution < -0.4 is 10.6 Å². The minimum atomic E-state index is -4.43. The maximum absolute atomic E-state index is 13.2. The van der Waals surface area contributed by atoms with Gasteiger partial charge < -0.3 is 10.6 Å². The van der Waals surface area contributed by atoms with Crippen LogP contribution in [0.5, 0.6) is 0 Å². The molecule has 1 aliphatic rings. The first-order valence-corrected chi connectivity index (χ1v) is 8.45. The van der Waals surface area contributed by atoms with Gasteiger partial charge in [-0.15, -0.1) is 0 Å². The average molecular weight is 377 g/mol. The van der Waals surface area contributed by atoms with Crippen LogP contribution in [-0.4, -0.2) is 10.9 Å². The van der Waals surface area contributed by atoms with E-state index in [1.807, 2.05) is 0 Å². The van der Waals surface area contributed by atoms with Crippen molar-refractivity contribution >= 4 is 34.3 Å². The number of halogens is 3. The van der Waals surface area contributed by atoms with Gasteiger partial charge in [-0.2, -0.15) is 24.5 Å². The van der Waals surface area contributed by atoms with Crippen LogP contribution in [0.4, 0.5) is 19.0 Å². The molecule has 0 atom stereocenters. The Morgan fingerprint density at radius 2 is 2.08 bits per heavy atom. The van der Waals surface area contributed by atoms with E-state index in [0.29, 0.717) is 28.3 Å². The third-order valence-corrected chi connectivity index (χ3v) is 4.32. The van der Waals surface area contributed by atoms with E-state index in [0.717, 1.165) is 16.7 Å². The van der Waals surface area contributed by atoms with Crippen molar-refractivity contribution in [1.82, 2.24) is 10.3 Å². The number of rotatable bonds is 3. The van der Waals surface area contributed by atoms with Crippen LogP contribution in [0.25, 0.3) is 11.3 Å². The van der Waals surface area contributed by atoms with Crippen molar-refractivity contribution < 1.29 is 18.0 Å². The fourth-order valence-electron chi connectivity index (χ4n) is 2.53. The van der Waals surface area contributed by atoms with Gasteiger partial charge in [-0.3, -0.25) is 4.79 Å². The molecule has 3 heterocycles. The van der Waals surface area contributed by atoms with Crippen molar-refractivity contribution in [2.75, 3.05) is 5.32 Å². The molecule has 1 amide bonds. The van der Waals surface area contributed by atoms with E-state index in [2.05, 4.69) is 22.2 Å². The number of nitrogens with one attached hydrogen (secondary N) is 2. The van der Waals surface area contributed by atoms with Crippen molar-refractivity contribution in [3.63, 3.8) is 0 Å². The zero-order valence-electron chi connectivity index (χ0n) is 13.6. The SMILES string of the molecule is C=C1C=C(c2ccnc(NC(C)=O)c2)C=C(c2cscc2C(F)(F)F)N1. The number of pyridine rings is 1. The number of alkyl halides is 3. The van der Waals surface area contributed by atoms with Crippen LogP contribution in [0.1, 0.15) is 23.6 Å². The Kier molecular flexibility index (Phi) is 4.69. The molecule has 3 rings (SSSR count). The van der Waals surface area contributed by atoms with Crippen LogP contribution in [0, 0.1) is 0 Å². The molecule has 0 saturated heterocycles. The lowest BCUT2D eigenvalue weighted by atomic mass is 9.98. The number of thiophene rings is 1. The monoisotopic (exact) mass is 377 g/mol. The minimum absolute atomic E-state index is 0.0744. The minimum Gasteiger partial charge on any atom is -0.355 e. The second-order valence-corrected chi connectivity index (χ2v) is 6.36. The smallest absolute Gasteiger partial charge is 0.355 e. The first-order valence-electron chi connectivity index (χ1n) is 7.51. The third kappa shape index (κ3) is 3.85. The summed E-state index contributed by atoms with van der Waals surface area (Å²) in [5.74, 6) is 0.101. The maximum atomic E-state index is 13.2. The maximum Gasteiger partial charge on any atom is 0.417 e. The summed E-state index contributed by atoms with van der Waals surface area (Å²) in [4.78, 5) is 15.2. The van der Waals surface area contributed by atoms with E-state index in [9.17, 15) is 18.0 Å². The standard InChI is InChI=1S/C18H14F3N3OS/c1-10-5-13(12-3-4-22-17(7-12)24-11(2)25)6-16(23-10)14-8-26-9-15(14)18(19,20)21/h3-9,23H,1H2,2H3,(H,22,24,25). The first-order chi connectivity index (χ1) is 12.2. The number of hydrogen-bond acceptors (Lipinski definition) is 4. The molecule has 2 aromatic rings. The summed E-state index contributed by atoms with van der Waals surface area (Å²) >= 11 is 0.987. The van der Waals surface area contributed by atoms with Crippen molar-refractivity contribution in [3.05, 3.63) is 70.2 Å². The molecule has 2 aromatic heterocycles. The molecule has 8 heteroatoms. The van der Waals surface area contributed by atoms with Crippen LogP contribution in [0.3, 0.4) is 0 Å². The molecule has 0 radical (unpaired) electrons. The molecule has 0 unspecified atom stereocenters. The van der Waals surface area contributed by atoms with Gasteiger partial charge in [-0.1, -0.05) is 6.58 Å². The van der Waals surface area contributed by atoms with E-state index in [-0.39, 0.29) is 11.5 Å². The summed E-state index contributed by atoms with van der Waals surface area (Å²) in [6.45, 7) is 5.19. The lowest BCUT2D eigenvalue weighted by Crippen LogP contribution is -2.16. The molecule has 0 saturated carbocycles. The van der Waals surface area contributed by atoms with Crippen molar-refractivity contribution in [1.29, 1.82) is 0 Å². The highest BCUT2D eigenvalue weighted by atomic mass is 32.1. The van der Waals surface area contributed by atoms with Crippen LogP contribution >= 0.6 is 11.3 Å². The molecule has 0 aliphatic carbocycles. The molecule has 26 heavy (non-hydrogen) atoms. The van der Waals surface area contributed by atoms with E-state index in [1.165, 1.54) is 18.5 Å². The van der Waals surface area contributed by atoms with Gasteiger partial charge in [0, 0.05) is 40.8 Å². The van der Waals surface area contributed by atoms with E-state index in [4.69, 9.17) is 0 Å². The fraction of sp³-hybridized carbons (Fsp3) is 0.111. The van der Waals surface area contributed by atoms with Gasteiger partial charge in [0.25, 0.3) is 0 Å². The van der Waals surface area contributed by atoms with Crippen LogP contribution in [0.2, 0.25) is 0 Å². The molecule has 0 aromatic carbocycles. The van der Waals surface area contributed by atoms with Gasteiger partial charge >= 0.3 is 6.18 Å². The summed E-state index contributed by atoms with van der Waals surface area (Å²) in [6.07, 6.45) is 0.427. The molecule has 2 N–H and O–H groups in total. The largest absolute Gasteiger partial charge is 0.417 e. The average Bonchev–Trinajstić information content (AvgIpc) is 3.04. The highest BCUT2D eigenvalue weighted by Crippen LogP contribution is 2.38. The Balaban J connectivity index is 2.01. The number of dihydropyridines is 1. The van der Waals surface area contributed by atoms with Gasteiger partial charge in [0.1, 0.15) is 5.82 Å². The number of allylic oxidation sites excluding steroid dienone is 3. The quantitative estimate of drug-likeness (QED) is 0.818. The van der Waals surface area contributed by atoms with E-state index < -0.39 is 11.7 Å². The topological polar surface area (TPSA) is 54.0 Å². The molecule has 4 nitrogen and oxygen atoms in total. The van der Waals surface area contributed by atoms with Gasteiger partial charge in [0.15, 0.2) is 0 Å². The summed E-state index contributed by atoms with van der Waals surface area (Å²) in [7, 11) is 0. The molecular weight excluding hydrogens is 363 g/mol. The molecule has 0 fully saturated rings. The molecular formula is C18H14F3N3OS. The van der Waals surface area contributed by atoms with Crippen LogP contribution in [-0.2, 0) is 11.0 Å². The predicted octanol–water partition coefficient (Wildman–Crippen LogP) is 4.66. The second-order valence-electron chi connectivity index (χ2n) is 5.62. The number of aromatic nitrogens is 1. The summed E-state index contributed by atoms with van der Waals surface area (Å²) in [6, 6.07) is 3.36. The Labute approximate surface area is 151 Å². The van der Waals surface area contributed by atoms with Gasteiger partial charge in [-0.05, 0) is 35.4 Å². The van der Waals surface area contributed by atoms with Gasteiger partial charge in [-0.25, -0.2) is 4.98 Å². The first kappa shape index (κ1) is 17.9. The van der Waals surface area contributed by atoms with Crippen molar-refractivity contribution in [3.8, 4) is 0 Å². The molecule has 0 spiro atoms. The highest BCUT2D eigenvalue weighted by molar-refractivity contribution is 7.08. The Morgan fingerprint density at radius 3 is 2.77 bits per heavy atom. The zero-order valence-corrected chi connectivity index (χ0v) is 14.5. The summed E-state index contributed by atoms with van der Waals surface area (Å²) < 4.78 is 39.6. The normalized spacial score (nSPS) is 14.4. The number of amides is 1. The Hall–Kier alpha value is -2.87. The second kappa shape index (κ2) is 6.80. The highest BCUT2D eigenvalue weighted by Gasteiger charge is 2.35. The Bertz CT molecular complexity index is 941. The lowest BCUT2D eigenvalue weighted by Gasteiger charge is -2.20. The zero-order chi connectivity index (χ0) is 18.9. The number of nitrogens with zero attached hydrogens (tertiary/aromatic N) is 1. The molecule has 0 bridgehead atoms. The van der Waals surface area contributed by atoms with Crippen molar-refractivity contribution in [2.45, 2.75) is 13.1 Å². The van der Waals surface area contributed by atoms with Crippen molar-refractivity contribution in [2.24, 2.45) is 0 Å². The lowest BCUT2D eigenvalue weighted by molar-refractivity contribution is -0.137.